The minimum Gasteiger partial charge on any atom is -0.338 e. The lowest BCUT2D eigenvalue weighted by Crippen LogP contribution is -2.28. The van der Waals surface area contributed by atoms with E-state index in [2.05, 4.69) is 20.0 Å². The third kappa shape index (κ3) is 2.68. The highest BCUT2D eigenvalue weighted by Crippen LogP contribution is 2.23. The van der Waals surface area contributed by atoms with Crippen molar-refractivity contribution in [2.24, 2.45) is 12.9 Å². The van der Waals surface area contributed by atoms with E-state index in [4.69, 9.17) is 5.84 Å². The molecule has 0 radical (unpaired) electrons. The molecule has 2 heterocycles. The van der Waals surface area contributed by atoms with Gasteiger partial charge < -0.3 is 4.57 Å². The van der Waals surface area contributed by atoms with Crippen LogP contribution in [0.25, 0.3) is 0 Å². The molecule has 0 aromatic carbocycles. The summed E-state index contributed by atoms with van der Waals surface area (Å²) in [5.41, 5.74) is 3.76. The summed E-state index contributed by atoms with van der Waals surface area (Å²) in [5.74, 6) is 6.64. The second-order valence-corrected chi connectivity index (χ2v) is 4.72. The summed E-state index contributed by atoms with van der Waals surface area (Å²) in [6, 6.07) is 0.0895. The number of nitrogens with zero attached hydrogens (tertiary/aromatic N) is 4. The van der Waals surface area contributed by atoms with E-state index in [1.165, 1.54) is 11.5 Å². The van der Waals surface area contributed by atoms with Crippen LogP contribution in [0.5, 0.6) is 0 Å². The fourth-order valence-electron chi connectivity index (χ4n) is 1.76. The molecule has 1 unspecified atom stereocenters. The zero-order valence-corrected chi connectivity index (χ0v) is 10.7. The maximum Gasteiger partial charge on any atom is 0.108 e. The Morgan fingerprint density at radius 2 is 2.41 bits per heavy atom. The average molecular weight is 252 g/mol. The summed E-state index contributed by atoms with van der Waals surface area (Å²) in [6.07, 6.45) is 5.50. The number of hydrogen-bond acceptors (Lipinski definition) is 6. The van der Waals surface area contributed by atoms with Crippen molar-refractivity contribution in [1.82, 2.24) is 24.6 Å². The number of hydrazine groups is 1. The van der Waals surface area contributed by atoms with Gasteiger partial charge in [0.1, 0.15) is 5.82 Å². The molecule has 2 aromatic rings. The SMILES string of the molecule is Cc1nnsc1C(CCc1nccn1C)NN. The molecular formula is C10H16N6S. The van der Waals surface area contributed by atoms with E-state index in [-0.39, 0.29) is 6.04 Å². The minimum absolute atomic E-state index is 0.0895. The van der Waals surface area contributed by atoms with Crippen molar-refractivity contribution in [2.45, 2.75) is 25.8 Å². The van der Waals surface area contributed by atoms with Crippen molar-refractivity contribution >= 4 is 11.5 Å². The van der Waals surface area contributed by atoms with Crippen LogP contribution < -0.4 is 11.3 Å². The number of imidazole rings is 1. The molecule has 2 aromatic heterocycles. The van der Waals surface area contributed by atoms with Gasteiger partial charge in [-0.05, 0) is 24.9 Å². The maximum atomic E-state index is 5.58. The normalized spacial score (nSPS) is 12.9. The Balaban J connectivity index is 2.02. The molecule has 6 nitrogen and oxygen atoms in total. The summed E-state index contributed by atoms with van der Waals surface area (Å²) < 4.78 is 5.95. The van der Waals surface area contributed by atoms with Crippen LogP contribution in [-0.2, 0) is 13.5 Å². The first-order chi connectivity index (χ1) is 8.22. The Morgan fingerprint density at radius 1 is 1.59 bits per heavy atom. The quantitative estimate of drug-likeness (QED) is 0.605. The van der Waals surface area contributed by atoms with Crippen LogP contribution in [0.1, 0.15) is 28.9 Å². The molecule has 7 heteroatoms. The molecule has 0 bridgehead atoms. The van der Waals surface area contributed by atoms with E-state index in [0.717, 1.165) is 29.2 Å². The lowest BCUT2D eigenvalue weighted by molar-refractivity contribution is 0.511. The first-order valence-corrected chi connectivity index (χ1v) is 6.21. The Kier molecular flexibility index (Phi) is 3.82. The second kappa shape index (κ2) is 5.35. The predicted octanol–water partition coefficient (Wildman–Crippen LogP) is 0.717. The Bertz CT molecular complexity index is 477. The van der Waals surface area contributed by atoms with E-state index < -0.39 is 0 Å². The number of nitrogens with two attached hydrogens (primary N) is 1. The Labute approximate surface area is 104 Å². The van der Waals surface area contributed by atoms with Gasteiger partial charge in [-0.25, -0.2) is 4.98 Å². The second-order valence-electron chi connectivity index (χ2n) is 3.93. The summed E-state index contributed by atoms with van der Waals surface area (Å²) in [7, 11) is 1.99. The van der Waals surface area contributed by atoms with Gasteiger partial charge in [0, 0.05) is 25.9 Å². The zero-order chi connectivity index (χ0) is 12.3. The Hall–Kier alpha value is -1.31. The van der Waals surface area contributed by atoms with Crippen molar-refractivity contribution in [1.29, 1.82) is 0 Å². The van der Waals surface area contributed by atoms with Gasteiger partial charge in [0.05, 0.1) is 16.6 Å². The number of nitrogens with one attached hydrogen (secondary N) is 1. The zero-order valence-electron chi connectivity index (χ0n) is 9.92. The molecule has 0 fully saturated rings. The van der Waals surface area contributed by atoms with E-state index in [9.17, 15) is 0 Å². The van der Waals surface area contributed by atoms with Crippen LogP contribution in [0, 0.1) is 6.92 Å². The fraction of sp³-hybridized carbons (Fsp3) is 0.500. The smallest absolute Gasteiger partial charge is 0.108 e. The molecule has 0 saturated heterocycles. The van der Waals surface area contributed by atoms with Crippen LogP contribution in [0.2, 0.25) is 0 Å². The van der Waals surface area contributed by atoms with Gasteiger partial charge in [-0.2, -0.15) is 0 Å². The van der Waals surface area contributed by atoms with Crippen molar-refractivity contribution in [2.75, 3.05) is 0 Å². The van der Waals surface area contributed by atoms with Gasteiger partial charge in [0.15, 0.2) is 0 Å². The highest BCUT2D eigenvalue weighted by molar-refractivity contribution is 7.05. The highest BCUT2D eigenvalue weighted by Gasteiger charge is 2.16. The molecule has 2 rings (SSSR count). The largest absolute Gasteiger partial charge is 0.338 e. The fourth-order valence-corrected chi connectivity index (χ4v) is 2.50. The lowest BCUT2D eigenvalue weighted by atomic mass is 10.1. The van der Waals surface area contributed by atoms with Crippen LogP contribution in [0.4, 0.5) is 0 Å². The minimum atomic E-state index is 0.0895. The third-order valence-electron chi connectivity index (χ3n) is 2.78. The van der Waals surface area contributed by atoms with Crippen LogP contribution >= 0.6 is 11.5 Å². The molecule has 1 atom stereocenters. The van der Waals surface area contributed by atoms with Crippen molar-refractivity contribution < 1.29 is 0 Å². The van der Waals surface area contributed by atoms with Gasteiger partial charge in [-0.3, -0.25) is 11.3 Å². The number of rotatable bonds is 5. The van der Waals surface area contributed by atoms with E-state index in [0.29, 0.717) is 0 Å². The van der Waals surface area contributed by atoms with Gasteiger partial charge >= 0.3 is 0 Å². The van der Waals surface area contributed by atoms with E-state index in [1.807, 2.05) is 24.7 Å². The topological polar surface area (TPSA) is 81.7 Å². The first kappa shape index (κ1) is 12.2. The molecule has 0 saturated carbocycles. The molecular weight excluding hydrogens is 236 g/mol. The van der Waals surface area contributed by atoms with Gasteiger partial charge in [0.25, 0.3) is 0 Å². The van der Waals surface area contributed by atoms with Crippen molar-refractivity contribution in [3.05, 3.63) is 28.8 Å². The summed E-state index contributed by atoms with van der Waals surface area (Å²) >= 11 is 1.39. The first-order valence-electron chi connectivity index (χ1n) is 5.43. The molecule has 17 heavy (non-hydrogen) atoms. The highest BCUT2D eigenvalue weighted by atomic mass is 32.1. The average Bonchev–Trinajstić information content (AvgIpc) is 2.90. The van der Waals surface area contributed by atoms with Crippen molar-refractivity contribution in [3.8, 4) is 0 Å². The summed E-state index contributed by atoms with van der Waals surface area (Å²) in [6.45, 7) is 1.95. The summed E-state index contributed by atoms with van der Waals surface area (Å²) in [4.78, 5) is 5.39. The number of aromatic nitrogens is 4. The van der Waals surface area contributed by atoms with Gasteiger partial charge in [0.2, 0.25) is 0 Å². The standard InChI is InChI=1S/C10H16N6S/c1-7-10(17-15-14-7)8(13-11)3-4-9-12-5-6-16(9)2/h5-6,8,13H,3-4,11H2,1-2H3. The number of hydrogen-bond donors (Lipinski definition) is 2. The van der Waals surface area contributed by atoms with Crippen LogP contribution in [0.15, 0.2) is 12.4 Å². The molecule has 0 aliphatic heterocycles. The molecule has 0 aliphatic rings. The maximum absolute atomic E-state index is 5.58. The Morgan fingerprint density at radius 3 is 2.94 bits per heavy atom. The van der Waals surface area contributed by atoms with Crippen LogP contribution in [0.3, 0.4) is 0 Å². The van der Waals surface area contributed by atoms with E-state index >= 15 is 0 Å². The van der Waals surface area contributed by atoms with Crippen LogP contribution in [-0.4, -0.2) is 19.1 Å². The molecule has 92 valence electrons. The molecule has 0 amide bonds. The molecule has 0 spiro atoms. The molecule has 3 N–H and O–H groups in total. The van der Waals surface area contributed by atoms with E-state index in [1.54, 1.807) is 6.20 Å². The monoisotopic (exact) mass is 252 g/mol. The lowest BCUT2D eigenvalue weighted by Gasteiger charge is -2.13. The van der Waals surface area contributed by atoms with Gasteiger partial charge in [-0.15, -0.1) is 5.10 Å². The van der Waals surface area contributed by atoms with Crippen molar-refractivity contribution in [3.63, 3.8) is 0 Å². The number of aryl methyl sites for hydroxylation is 3. The van der Waals surface area contributed by atoms with Gasteiger partial charge in [-0.1, -0.05) is 4.49 Å². The third-order valence-corrected chi connectivity index (χ3v) is 3.72. The summed E-state index contributed by atoms with van der Waals surface area (Å²) in [5, 5.41) is 4.00. The molecule has 0 aliphatic carbocycles. The predicted molar refractivity (Wildman–Crippen MR) is 66.2 cm³/mol.